The van der Waals surface area contributed by atoms with Crippen molar-refractivity contribution in [3.8, 4) is 5.75 Å². The molecule has 0 aromatic heterocycles. The fraction of sp³-hybridized carbons (Fsp3) is 0.316. The third-order valence-electron chi connectivity index (χ3n) is 3.73. The molecule has 0 saturated carbocycles. The Morgan fingerprint density at radius 3 is 2.48 bits per heavy atom. The summed E-state index contributed by atoms with van der Waals surface area (Å²) in [5.74, 6) is 0.572. The smallest absolute Gasteiger partial charge is 0.258 e. The third kappa shape index (κ3) is 5.10. The highest BCUT2D eigenvalue weighted by Gasteiger charge is 2.15. The van der Waals surface area contributed by atoms with E-state index in [-0.39, 0.29) is 18.6 Å². The summed E-state index contributed by atoms with van der Waals surface area (Å²) in [6, 6.07) is 13.8. The highest BCUT2D eigenvalue weighted by atomic mass is 79.9. The van der Waals surface area contributed by atoms with Crippen LogP contribution in [0, 0.1) is 13.8 Å². The Morgan fingerprint density at radius 2 is 1.87 bits per heavy atom. The Balaban J connectivity index is 1.95. The van der Waals surface area contributed by atoms with E-state index in [1.807, 2.05) is 24.3 Å². The summed E-state index contributed by atoms with van der Waals surface area (Å²) in [7, 11) is 0. The lowest BCUT2D eigenvalue weighted by molar-refractivity contribution is -0.123. The van der Waals surface area contributed by atoms with E-state index in [1.165, 1.54) is 11.1 Å². The molecule has 0 aliphatic rings. The average molecular weight is 376 g/mol. The molecule has 1 N–H and O–H groups in total. The summed E-state index contributed by atoms with van der Waals surface area (Å²) in [5.41, 5.74) is 3.59. The number of carbonyl (C=O) groups is 1. The summed E-state index contributed by atoms with van der Waals surface area (Å²) in [5, 5.41) is 3.05. The molecule has 0 fully saturated rings. The highest BCUT2D eigenvalue weighted by Crippen LogP contribution is 2.22. The van der Waals surface area contributed by atoms with Crippen LogP contribution in [0.2, 0.25) is 0 Å². The first-order chi connectivity index (χ1) is 11.0. The lowest BCUT2D eigenvalue weighted by Crippen LogP contribution is -2.32. The second-order valence-electron chi connectivity index (χ2n) is 5.63. The molecule has 0 spiro atoms. The van der Waals surface area contributed by atoms with Crippen molar-refractivity contribution in [2.24, 2.45) is 0 Å². The van der Waals surface area contributed by atoms with Crippen molar-refractivity contribution in [3.05, 3.63) is 63.6 Å². The van der Waals surface area contributed by atoms with Crippen molar-refractivity contribution < 1.29 is 9.53 Å². The number of hydrogen-bond acceptors (Lipinski definition) is 2. The van der Waals surface area contributed by atoms with E-state index in [9.17, 15) is 4.79 Å². The number of carbonyl (C=O) groups excluding carboxylic acids is 1. The summed E-state index contributed by atoms with van der Waals surface area (Å²) in [6.07, 6.45) is 0.841. The molecular weight excluding hydrogens is 354 g/mol. The molecule has 2 aromatic rings. The summed E-state index contributed by atoms with van der Waals surface area (Å²) in [4.78, 5) is 12.2. The second kappa shape index (κ2) is 8.16. The fourth-order valence-corrected chi connectivity index (χ4v) is 2.80. The molecule has 1 amide bonds. The SMILES string of the molecule is CC[C@H](NC(=O)COc1ccc(Br)cc1)c1ccc(C)cc1C. The van der Waals surface area contributed by atoms with Crippen LogP contribution in [-0.4, -0.2) is 12.5 Å². The molecule has 0 saturated heterocycles. The Morgan fingerprint density at radius 1 is 1.17 bits per heavy atom. The zero-order chi connectivity index (χ0) is 16.8. The van der Waals surface area contributed by atoms with Gasteiger partial charge in [0.25, 0.3) is 5.91 Å². The predicted molar refractivity (Wildman–Crippen MR) is 96.7 cm³/mol. The Bertz CT molecular complexity index is 668. The van der Waals surface area contributed by atoms with Gasteiger partial charge in [-0.3, -0.25) is 4.79 Å². The molecule has 0 aliphatic heterocycles. The average Bonchev–Trinajstić information content (AvgIpc) is 2.52. The monoisotopic (exact) mass is 375 g/mol. The third-order valence-corrected chi connectivity index (χ3v) is 4.26. The molecule has 0 radical (unpaired) electrons. The van der Waals surface area contributed by atoms with Crippen molar-refractivity contribution in [2.75, 3.05) is 6.61 Å². The number of amides is 1. The topological polar surface area (TPSA) is 38.3 Å². The number of benzene rings is 2. The lowest BCUT2D eigenvalue weighted by Gasteiger charge is -2.20. The largest absolute Gasteiger partial charge is 0.484 e. The van der Waals surface area contributed by atoms with Crippen LogP contribution in [-0.2, 0) is 4.79 Å². The minimum atomic E-state index is -0.111. The van der Waals surface area contributed by atoms with Crippen LogP contribution in [0.3, 0.4) is 0 Å². The van der Waals surface area contributed by atoms with Gasteiger partial charge in [-0.15, -0.1) is 0 Å². The number of nitrogens with one attached hydrogen (secondary N) is 1. The fourth-order valence-electron chi connectivity index (χ4n) is 2.53. The van der Waals surface area contributed by atoms with Gasteiger partial charge in [-0.25, -0.2) is 0 Å². The maximum absolute atomic E-state index is 12.2. The van der Waals surface area contributed by atoms with E-state index < -0.39 is 0 Å². The molecule has 1 atom stereocenters. The Labute approximate surface area is 146 Å². The van der Waals surface area contributed by atoms with E-state index in [2.05, 4.69) is 60.2 Å². The zero-order valence-electron chi connectivity index (χ0n) is 13.7. The maximum Gasteiger partial charge on any atom is 0.258 e. The van der Waals surface area contributed by atoms with Gasteiger partial charge in [0.2, 0.25) is 0 Å². The number of aryl methyl sites for hydroxylation is 2. The molecule has 2 rings (SSSR count). The predicted octanol–water partition coefficient (Wildman–Crippen LogP) is 4.71. The summed E-state index contributed by atoms with van der Waals surface area (Å²) >= 11 is 3.37. The van der Waals surface area contributed by atoms with Gasteiger partial charge >= 0.3 is 0 Å². The second-order valence-corrected chi connectivity index (χ2v) is 6.55. The molecule has 0 heterocycles. The first-order valence-electron chi connectivity index (χ1n) is 7.74. The molecule has 122 valence electrons. The first-order valence-corrected chi connectivity index (χ1v) is 8.53. The first kappa shape index (κ1) is 17.5. The Hall–Kier alpha value is -1.81. The normalized spacial score (nSPS) is 11.8. The van der Waals surface area contributed by atoms with Crippen molar-refractivity contribution in [1.82, 2.24) is 5.32 Å². The Kier molecular flexibility index (Phi) is 6.22. The van der Waals surface area contributed by atoms with Crippen molar-refractivity contribution >= 4 is 21.8 Å². The standard InChI is InChI=1S/C19H22BrNO2/c1-4-18(17-10-5-13(2)11-14(17)3)21-19(22)12-23-16-8-6-15(20)7-9-16/h5-11,18H,4,12H2,1-3H3,(H,21,22)/t18-/m0/s1. The molecule has 23 heavy (non-hydrogen) atoms. The molecule has 0 bridgehead atoms. The van der Waals surface area contributed by atoms with E-state index in [0.29, 0.717) is 5.75 Å². The van der Waals surface area contributed by atoms with Crippen LogP contribution in [0.15, 0.2) is 46.9 Å². The van der Waals surface area contributed by atoms with Gasteiger partial charge in [0.05, 0.1) is 6.04 Å². The number of rotatable bonds is 6. The molecular formula is C19H22BrNO2. The highest BCUT2D eigenvalue weighted by molar-refractivity contribution is 9.10. The van der Waals surface area contributed by atoms with Gasteiger partial charge in [-0.05, 0) is 55.7 Å². The van der Waals surface area contributed by atoms with Gasteiger partial charge < -0.3 is 10.1 Å². The van der Waals surface area contributed by atoms with Gasteiger partial charge in [-0.1, -0.05) is 46.6 Å². The number of halogens is 1. The zero-order valence-corrected chi connectivity index (χ0v) is 15.3. The molecule has 0 aliphatic carbocycles. The quantitative estimate of drug-likeness (QED) is 0.793. The van der Waals surface area contributed by atoms with Crippen molar-refractivity contribution in [3.63, 3.8) is 0 Å². The van der Waals surface area contributed by atoms with Crippen LogP contribution < -0.4 is 10.1 Å². The molecule has 2 aromatic carbocycles. The molecule has 0 unspecified atom stereocenters. The van der Waals surface area contributed by atoms with Crippen LogP contribution in [0.4, 0.5) is 0 Å². The van der Waals surface area contributed by atoms with Crippen LogP contribution in [0.5, 0.6) is 5.75 Å². The van der Waals surface area contributed by atoms with Gasteiger partial charge in [0.1, 0.15) is 5.75 Å². The summed E-state index contributed by atoms with van der Waals surface area (Å²) < 4.78 is 6.50. The van der Waals surface area contributed by atoms with Gasteiger partial charge in [-0.2, -0.15) is 0 Å². The van der Waals surface area contributed by atoms with Crippen molar-refractivity contribution in [1.29, 1.82) is 0 Å². The molecule has 3 nitrogen and oxygen atoms in total. The summed E-state index contributed by atoms with van der Waals surface area (Å²) in [6.45, 7) is 6.24. The number of ether oxygens (including phenoxy) is 1. The molecule has 4 heteroatoms. The number of hydrogen-bond donors (Lipinski definition) is 1. The van der Waals surface area contributed by atoms with Crippen LogP contribution >= 0.6 is 15.9 Å². The minimum Gasteiger partial charge on any atom is -0.484 e. The van der Waals surface area contributed by atoms with Crippen LogP contribution in [0.1, 0.15) is 36.1 Å². The van der Waals surface area contributed by atoms with Gasteiger partial charge in [0, 0.05) is 4.47 Å². The van der Waals surface area contributed by atoms with Gasteiger partial charge in [0.15, 0.2) is 6.61 Å². The van der Waals surface area contributed by atoms with E-state index >= 15 is 0 Å². The van der Waals surface area contributed by atoms with E-state index in [1.54, 1.807) is 0 Å². The van der Waals surface area contributed by atoms with E-state index in [0.717, 1.165) is 16.5 Å². The maximum atomic E-state index is 12.2. The minimum absolute atomic E-state index is 0.0108. The lowest BCUT2D eigenvalue weighted by atomic mass is 9.97. The van der Waals surface area contributed by atoms with Crippen molar-refractivity contribution in [2.45, 2.75) is 33.2 Å². The van der Waals surface area contributed by atoms with Crippen LogP contribution in [0.25, 0.3) is 0 Å². The van der Waals surface area contributed by atoms with E-state index in [4.69, 9.17) is 4.74 Å².